The Hall–Kier alpha value is -0.110. The number of hydrogen-bond donors (Lipinski definition) is 2. The Kier molecular flexibility index (Phi) is 21.7. The van der Waals surface area contributed by atoms with Crippen molar-refractivity contribution in [3.05, 3.63) is 0 Å². The molecular formula is C27H57NO6PS+. The molecule has 0 bridgehead atoms. The molecule has 0 amide bonds. The molecule has 0 aliphatic carbocycles. The summed E-state index contributed by atoms with van der Waals surface area (Å²) in [5, 5.41) is 0. The molecule has 7 nitrogen and oxygen atoms in total. The van der Waals surface area contributed by atoms with E-state index in [1.807, 2.05) is 39.8 Å². The molecule has 0 saturated heterocycles. The van der Waals surface area contributed by atoms with E-state index in [2.05, 4.69) is 11.4 Å². The Morgan fingerprint density at radius 1 is 0.861 bits per heavy atom. The predicted octanol–water partition coefficient (Wildman–Crippen LogP) is 6.95. The van der Waals surface area contributed by atoms with Crippen LogP contribution in [0.5, 0.6) is 0 Å². The van der Waals surface area contributed by atoms with Crippen LogP contribution in [0.1, 0.15) is 110 Å². The molecule has 2 atom stereocenters. The first kappa shape index (κ1) is 35.9. The molecular weight excluding hydrogens is 497 g/mol. The number of likely N-dealkylation sites (N-methyl/N-ethyl adjacent to an activating group) is 1. The van der Waals surface area contributed by atoms with Gasteiger partial charge in [0.1, 0.15) is 12.6 Å². The maximum absolute atomic E-state index is 12.3. The Morgan fingerprint density at radius 2 is 1.33 bits per heavy atom. The van der Waals surface area contributed by atoms with Gasteiger partial charge in [-0.15, -0.1) is 0 Å². The Morgan fingerprint density at radius 3 is 1.78 bits per heavy atom. The first-order valence-corrected chi connectivity index (χ1v) is 16.9. The fraction of sp³-hybridized carbons (Fsp3) is 0.963. The second-order valence-corrected chi connectivity index (χ2v) is 13.5. The van der Waals surface area contributed by atoms with Gasteiger partial charge in [0.15, 0.2) is 0 Å². The standard InChI is InChI=1S/C27H56NO6PS/c1-6-7-8-9-10-11-12-13-14-15-16-17-18-19-22-36-24-25(2)27(29)33-21-20-26(28(3,4)5)23-34-35(30,31)32/h25-26H,6-24H2,1-5H3,(H-,30,31,32)/p+1. The molecule has 216 valence electrons. The molecule has 0 aliphatic rings. The molecule has 36 heavy (non-hydrogen) atoms. The van der Waals surface area contributed by atoms with Crippen molar-refractivity contribution in [1.29, 1.82) is 0 Å². The van der Waals surface area contributed by atoms with Gasteiger partial charge >= 0.3 is 13.8 Å². The van der Waals surface area contributed by atoms with E-state index in [0.717, 1.165) is 11.5 Å². The predicted molar refractivity (Wildman–Crippen MR) is 152 cm³/mol. The number of ether oxygens (including phenoxy) is 1. The number of esters is 1. The average Bonchev–Trinajstić information content (AvgIpc) is 2.79. The highest BCUT2D eigenvalue weighted by Crippen LogP contribution is 2.36. The molecule has 0 radical (unpaired) electrons. The van der Waals surface area contributed by atoms with Crippen LogP contribution in [0, 0.1) is 5.92 Å². The van der Waals surface area contributed by atoms with Gasteiger partial charge in [-0.05, 0) is 12.2 Å². The lowest BCUT2D eigenvalue weighted by Crippen LogP contribution is -2.48. The lowest BCUT2D eigenvalue weighted by molar-refractivity contribution is -0.896. The number of nitrogens with zero attached hydrogens (tertiary/aromatic N) is 1. The van der Waals surface area contributed by atoms with Crippen LogP contribution in [0.3, 0.4) is 0 Å². The zero-order valence-corrected chi connectivity index (χ0v) is 25.6. The van der Waals surface area contributed by atoms with E-state index in [-0.39, 0.29) is 31.1 Å². The van der Waals surface area contributed by atoms with Crippen LogP contribution in [0.15, 0.2) is 0 Å². The SMILES string of the molecule is CCCCCCCCCCCCCCCCSCC(C)C(=O)OCCC(COP(=O)(O)O)[N+](C)(C)C. The number of phosphoric acid groups is 1. The summed E-state index contributed by atoms with van der Waals surface area (Å²) in [4.78, 5) is 30.2. The third-order valence-corrected chi connectivity index (χ3v) is 8.44. The number of carbonyl (C=O) groups is 1. The fourth-order valence-corrected chi connectivity index (χ4v) is 5.47. The summed E-state index contributed by atoms with van der Waals surface area (Å²) in [5.41, 5.74) is 0. The van der Waals surface area contributed by atoms with Gasteiger partial charge in [0, 0.05) is 12.2 Å². The number of thioether (sulfide) groups is 1. The summed E-state index contributed by atoms with van der Waals surface area (Å²) in [7, 11) is 1.26. The van der Waals surface area contributed by atoms with Crippen molar-refractivity contribution in [2.75, 3.05) is 45.9 Å². The zero-order valence-electron chi connectivity index (χ0n) is 23.9. The number of quaternary nitrogens is 1. The highest BCUT2D eigenvalue weighted by molar-refractivity contribution is 7.99. The summed E-state index contributed by atoms with van der Waals surface area (Å²) < 4.78 is 21.6. The molecule has 0 spiro atoms. The molecule has 0 aromatic rings. The Balaban J connectivity index is 3.68. The number of hydrogen-bond acceptors (Lipinski definition) is 5. The van der Waals surface area contributed by atoms with Gasteiger partial charge in [-0.3, -0.25) is 9.32 Å². The van der Waals surface area contributed by atoms with Crippen LogP contribution in [0.4, 0.5) is 0 Å². The number of rotatable bonds is 25. The maximum atomic E-state index is 12.3. The van der Waals surface area contributed by atoms with Crippen LogP contribution >= 0.6 is 19.6 Å². The van der Waals surface area contributed by atoms with Gasteiger partial charge < -0.3 is 19.0 Å². The highest BCUT2D eigenvalue weighted by Gasteiger charge is 2.28. The molecule has 0 saturated carbocycles. The number of carbonyl (C=O) groups excluding carboxylic acids is 1. The van der Waals surface area contributed by atoms with Crippen molar-refractivity contribution in [3.63, 3.8) is 0 Å². The van der Waals surface area contributed by atoms with E-state index in [1.165, 1.54) is 89.9 Å². The van der Waals surface area contributed by atoms with E-state index < -0.39 is 7.82 Å². The quantitative estimate of drug-likeness (QED) is 0.0546. The van der Waals surface area contributed by atoms with Crippen molar-refractivity contribution in [3.8, 4) is 0 Å². The second kappa shape index (κ2) is 21.8. The minimum atomic E-state index is -4.51. The molecule has 0 aliphatic heterocycles. The topological polar surface area (TPSA) is 93.1 Å². The lowest BCUT2D eigenvalue weighted by atomic mass is 10.0. The third-order valence-electron chi connectivity index (χ3n) is 6.64. The van der Waals surface area contributed by atoms with Crippen LogP contribution in [0.25, 0.3) is 0 Å². The second-order valence-electron chi connectivity index (χ2n) is 11.1. The summed E-state index contributed by atoms with van der Waals surface area (Å²) in [6.07, 6.45) is 19.6. The molecule has 0 aromatic heterocycles. The van der Waals surface area contributed by atoms with Crippen LogP contribution in [-0.2, 0) is 18.6 Å². The molecule has 9 heteroatoms. The van der Waals surface area contributed by atoms with Gasteiger partial charge in [0.2, 0.25) is 0 Å². The normalized spacial score (nSPS) is 14.1. The van der Waals surface area contributed by atoms with Crippen LogP contribution < -0.4 is 0 Å². The van der Waals surface area contributed by atoms with E-state index >= 15 is 0 Å². The maximum Gasteiger partial charge on any atom is 0.469 e. The third kappa shape index (κ3) is 23.0. The van der Waals surface area contributed by atoms with Crippen molar-refractivity contribution in [1.82, 2.24) is 0 Å². The Bertz CT molecular complexity index is 581. The largest absolute Gasteiger partial charge is 0.469 e. The number of unbranched alkanes of at least 4 members (excludes halogenated alkanes) is 13. The summed E-state index contributed by atoms with van der Waals surface area (Å²) >= 11 is 1.82. The highest BCUT2D eigenvalue weighted by atomic mass is 32.2. The van der Waals surface area contributed by atoms with Gasteiger partial charge in [-0.2, -0.15) is 11.8 Å². The van der Waals surface area contributed by atoms with Crippen molar-refractivity contribution >= 4 is 25.6 Å². The summed E-state index contributed by atoms with van der Waals surface area (Å²) in [5.74, 6) is 1.48. The van der Waals surface area contributed by atoms with Gasteiger partial charge in [-0.25, -0.2) is 4.57 Å². The molecule has 0 heterocycles. The van der Waals surface area contributed by atoms with Gasteiger partial charge in [-0.1, -0.05) is 97.3 Å². The van der Waals surface area contributed by atoms with Crippen molar-refractivity contribution in [2.45, 2.75) is 116 Å². The molecule has 2 unspecified atom stereocenters. The van der Waals surface area contributed by atoms with Crippen molar-refractivity contribution < 1.29 is 32.9 Å². The first-order valence-electron chi connectivity index (χ1n) is 14.2. The average molecular weight is 555 g/mol. The molecule has 0 rings (SSSR count). The minimum Gasteiger partial charge on any atom is -0.465 e. The zero-order chi connectivity index (χ0) is 27.3. The smallest absolute Gasteiger partial charge is 0.465 e. The molecule has 0 aromatic carbocycles. The lowest BCUT2D eigenvalue weighted by Gasteiger charge is -2.33. The van der Waals surface area contributed by atoms with E-state index in [0.29, 0.717) is 10.9 Å². The molecule has 2 N–H and O–H groups in total. The van der Waals surface area contributed by atoms with Crippen LogP contribution in [0.2, 0.25) is 0 Å². The van der Waals surface area contributed by atoms with Gasteiger partial charge in [0.25, 0.3) is 0 Å². The number of phosphoric ester groups is 1. The minimum absolute atomic E-state index is 0.0874. The monoisotopic (exact) mass is 554 g/mol. The first-order chi connectivity index (χ1) is 17.0. The van der Waals surface area contributed by atoms with E-state index in [1.54, 1.807) is 0 Å². The van der Waals surface area contributed by atoms with Crippen molar-refractivity contribution in [2.24, 2.45) is 5.92 Å². The summed E-state index contributed by atoms with van der Waals surface area (Å²) in [6.45, 7) is 4.30. The summed E-state index contributed by atoms with van der Waals surface area (Å²) in [6, 6.07) is -0.185. The molecule has 0 fully saturated rings. The Labute approximate surface area is 226 Å². The van der Waals surface area contributed by atoms with E-state index in [9.17, 15) is 9.36 Å². The fourth-order valence-electron chi connectivity index (χ4n) is 4.04. The van der Waals surface area contributed by atoms with Crippen LogP contribution in [-0.4, -0.2) is 72.1 Å². The van der Waals surface area contributed by atoms with E-state index in [4.69, 9.17) is 14.5 Å². The van der Waals surface area contributed by atoms with Gasteiger partial charge in [0.05, 0.1) is 33.7 Å².